The van der Waals surface area contributed by atoms with Gasteiger partial charge in [-0.2, -0.15) is 0 Å². The minimum absolute atomic E-state index is 0.0164. The summed E-state index contributed by atoms with van der Waals surface area (Å²) in [4.78, 5) is 0. The highest BCUT2D eigenvalue weighted by atomic mass is 32.2. The number of aliphatic hydroxyl groups is 1. The minimum atomic E-state index is -3.00. The molecule has 0 aromatic heterocycles. The Hall–Kier alpha value is -0.870. The van der Waals surface area contributed by atoms with Crippen LogP contribution < -0.4 is 0 Å². The second-order valence-corrected chi connectivity index (χ2v) is 6.05. The van der Waals surface area contributed by atoms with Gasteiger partial charge in [-0.3, -0.25) is 0 Å². The summed E-state index contributed by atoms with van der Waals surface area (Å²) in [5.41, 5.74) is 1.79. The number of hydrogen-bond acceptors (Lipinski definition) is 3. The van der Waals surface area contributed by atoms with E-state index in [2.05, 4.69) is 0 Å². The highest BCUT2D eigenvalue weighted by Gasteiger charge is 2.12. The van der Waals surface area contributed by atoms with Crippen LogP contribution in [0.3, 0.4) is 0 Å². The first kappa shape index (κ1) is 12.2. The molecule has 1 unspecified atom stereocenters. The van der Waals surface area contributed by atoms with E-state index in [4.69, 9.17) is 0 Å². The van der Waals surface area contributed by atoms with E-state index in [-0.39, 0.29) is 12.2 Å². The van der Waals surface area contributed by atoms with Gasteiger partial charge in [0.25, 0.3) is 0 Å². The van der Waals surface area contributed by atoms with E-state index in [1.54, 1.807) is 0 Å². The smallest absolute Gasteiger partial charge is 0.147 e. The molecule has 0 spiro atoms. The van der Waals surface area contributed by atoms with Gasteiger partial charge < -0.3 is 5.11 Å². The second-order valence-electron chi connectivity index (χ2n) is 3.79. The van der Waals surface area contributed by atoms with E-state index in [1.807, 2.05) is 31.2 Å². The number of aliphatic hydroxyl groups excluding tert-OH is 1. The molecule has 1 aromatic carbocycles. The van der Waals surface area contributed by atoms with Crippen molar-refractivity contribution in [3.8, 4) is 0 Å². The van der Waals surface area contributed by atoms with Gasteiger partial charge in [0, 0.05) is 6.26 Å². The summed E-state index contributed by atoms with van der Waals surface area (Å²) in [5.74, 6) is 0.0164. The van der Waals surface area contributed by atoms with Crippen molar-refractivity contribution in [2.75, 3.05) is 12.0 Å². The molecule has 1 N–H and O–H groups in total. The fraction of sp³-hybridized carbons (Fsp3) is 0.455. The van der Waals surface area contributed by atoms with Crippen molar-refractivity contribution < 1.29 is 13.5 Å². The molecule has 4 heteroatoms. The first-order valence-corrected chi connectivity index (χ1v) is 6.87. The van der Waals surface area contributed by atoms with E-state index in [1.165, 1.54) is 6.26 Å². The zero-order valence-corrected chi connectivity index (χ0v) is 9.79. The molecule has 3 nitrogen and oxygen atoms in total. The Morgan fingerprint density at radius 2 is 1.93 bits per heavy atom. The van der Waals surface area contributed by atoms with Crippen LogP contribution in [0.25, 0.3) is 0 Å². The molecule has 0 saturated carbocycles. The van der Waals surface area contributed by atoms with Crippen LogP contribution >= 0.6 is 0 Å². The van der Waals surface area contributed by atoms with Crippen LogP contribution in [0.2, 0.25) is 0 Å². The molecule has 0 aliphatic heterocycles. The number of aryl methyl sites for hydroxylation is 1. The Morgan fingerprint density at radius 3 is 2.47 bits per heavy atom. The predicted octanol–water partition coefficient (Wildman–Crippen LogP) is 1.46. The third kappa shape index (κ3) is 4.01. The molecule has 0 saturated heterocycles. The van der Waals surface area contributed by atoms with Crippen molar-refractivity contribution in [2.24, 2.45) is 0 Å². The molecule has 15 heavy (non-hydrogen) atoms. The van der Waals surface area contributed by atoms with E-state index >= 15 is 0 Å². The van der Waals surface area contributed by atoms with E-state index in [0.717, 1.165) is 11.1 Å². The summed E-state index contributed by atoms with van der Waals surface area (Å²) in [5, 5.41) is 9.80. The third-order valence-electron chi connectivity index (χ3n) is 2.31. The molecule has 1 aromatic rings. The average Bonchev–Trinajstić information content (AvgIpc) is 2.14. The van der Waals surface area contributed by atoms with Gasteiger partial charge in [-0.15, -0.1) is 0 Å². The largest absolute Gasteiger partial charge is 0.388 e. The van der Waals surface area contributed by atoms with Gasteiger partial charge in [-0.05, 0) is 24.5 Å². The molecule has 0 aliphatic carbocycles. The highest BCUT2D eigenvalue weighted by molar-refractivity contribution is 7.90. The van der Waals surface area contributed by atoms with Gasteiger partial charge in [0.1, 0.15) is 9.84 Å². The molecule has 0 amide bonds. The van der Waals surface area contributed by atoms with Crippen LogP contribution in [0.4, 0.5) is 0 Å². The summed E-state index contributed by atoms with van der Waals surface area (Å²) in [6, 6.07) is 7.45. The molecular weight excluding hydrogens is 212 g/mol. The summed E-state index contributed by atoms with van der Waals surface area (Å²) in [6.07, 6.45) is 0.738. The number of rotatable bonds is 4. The highest BCUT2D eigenvalue weighted by Crippen LogP contribution is 2.20. The standard InChI is InChI=1S/C11H16O3S/c1-9-5-3-4-6-10(9)11(12)7-8-15(2,13)14/h3-6,11-12H,7-8H2,1-2H3. The third-order valence-corrected chi connectivity index (χ3v) is 3.29. The van der Waals surface area contributed by atoms with Crippen LogP contribution in [0.15, 0.2) is 24.3 Å². The molecule has 0 heterocycles. The van der Waals surface area contributed by atoms with Crippen molar-refractivity contribution in [1.29, 1.82) is 0 Å². The van der Waals surface area contributed by atoms with Crippen LogP contribution in [0, 0.1) is 6.92 Å². The number of benzene rings is 1. The van der Waals surface area contributed by atoms with Crippen molar-refractivity contribution in [2.45, 2.75) is 19.4 Å². The van der Waals surface area contributed by atoms with Crippen molar-refractivity contribution in [3.63, 3.8) is 0 Å². The lowest BCUT2D eigenvalue weighted by Crippen LogP contribution is -2.09. The minimum Gasteiger partial charge on any atom is -0.388 e. The fourth-order valence-corrected chi connectivity index (χ4v) is 2.09. The molecule has 0 aliphatic rings. The Bertz CT molecular complexity index is 423. The zero-order valence-electron chi connectivity index (χ0n) is 8.97. The summed E-state index contributed by atoms with van der Waals surface area (Å²) in [6.45, 7) is 1.90. The quantitative estimate of drug-likeness (QED) is 0.849. The van der Waals surface area contributed by atoms with Crippen molar-refractivity contribution >= 4 is 9.84 Å². The average molecular weight is 228 g/mol. The molecule has 0 fully saturated rings. The van der Waals surface area contributed by atoms with E-state index in [9.17, 15) is 13.5 Å². The first-order chi connectivity index (χ1) is 6.90. The van der Waals surface area contributed by atoms with Gasteiger partial charge in [-0.1, -0.05) is 24.3 Å². The maximum absolute atomic E-state index is 10.9. The Morgan fingerprint density at radius 1 is 1.33 bits per heavy atom. The van der Waals surface area contributed by atoms with Crippen LogP contribution in [0.5, 0.6) is 0 Å². The van der Waals surface area contributed by atoms with Gasteiger partial charge in [0.05, 0.1) is 11.9 Å². The van der Waals surface area contributed by atoms with Crippen molar-refractivity contribution in [1.82, 2.24) is 0 Å². The van der Waals surface area contributed by atoms with E-state index < -0.39 is 15.9 Å². The maximum Gasteiger partial charge on any atom is 0.147 e. The van der Waals surface area contributed by atoms with Crippen molar-refractivity contribution in [3.05, 3.63) is 35.4 Å². The molecule has 84 valence electrons. The van der Waals surface area contributed by atoms with E-state index in [0.29, 0.717) is 0 Å². The Balaban J connectivity index is 2.70. The van der Waals surface area contributed by atoms with Gasteiger partial charge >= 0.3 is 0 Å². The maximum atomic E-state index is 10.9. The second kappa shape index (κ2) is 4.77. The van der Waals surface area contributed by atoms with Gasteiger partial charge in [0.15, 0.2) is 0 Å². The Kier molecular flexibility index (Phi) is 3.88. The fourth-order valence-electron chi connectivity index (χ4n) is 1.44. The van der Waals surface area contributed by atoms with Crippen LogP contribution in [-0.2, 0) is 9.84 Å². The summed E-state index contributed by atoms with van der Waals surface area (Å²) in [7, 11) is -3.00. The predicted molar refractivity (Wildman–Crippen MR) is 60.5 cm³/mol. The normalized spacial score (nSPS) is 13.8. The monoisotopic (exact) mass is 228 g/mol. The molecule has 0 bridgehead atoms. The summed E-state index contributed by atoms with van der Waals surface area (Å²) >= 11 is 0. The first-order valence-electron chi connectivity index (χ1n) is 4.81. The molecule has 1 atom stereocenters. The SMILES string of the molecule is Cc1ccccc1C(O)CCS(C)(=O)=O. The lowest BCUT2D eigenvalue weighted by Gasteiger charge is -2.12. The zero-order chi connectivity index (χ0) is 11.5. The Labute approximate surface area is 90.7 Å². The number of hydrogen-bond donors (Lipinski definition) is 1. The lowest BCUT2D eigenvalue weighted by molar-refractivity contribution is 0.173. The van der Waals surface area contributed by atoms with Crippen LogP contribution in [0.1, 0.15) is 23.7 Å². The van der Waals surface area contributed by atoms with Gasteiger partial charge in [0.2, 0.25) is 0 Å². The molecule has 0 radical (unpaired) electrons. The molecule has 1 rings (SSSR count). The molecular formula is C11H16O3S. The number of sulfone groups is 1. The van der Waals surface area contributed by atoms with Crippen LogP contribution in [-0.4, -0.2) is 25.5 Å². The van der Waals surface area contributed by atoms with Gasteiger partial charge in [-0.25, -0.2) is 8.42 Å². The topological polar surface area (TPSA) is 54.4 Å². The summed E-state index contributed by atoms with van der Waals surface area (Å²) < 4.78 is 21.9. The lowest BCUT2D eigenvalue weighted by atomic mass is 10.0.